The molecule has 180 valence electrons. The number of aryl methyl sites for hydroxylation is 1. The van der Waals surface area contributed by atoms with E-state index in [1.807, 2.05) is 73.8 Å². The molecule has 2 N–H and O–H groups in total. The Hall–Kier alpha value is -4.36. The highest BCUT2D eigenvalue weighted by Gasteiger charge is 2.35. The molecule has 8 heteroatoms. The van der Waals surface area contributed by atoms with Gasteiger partial charge < -0.3 is 15.2 Å². The second-order valence-electron chi connectivity index (χ2n) is 8.61. The number of benzene rings is 3. The molecule has 4 aromatic rings. The number of carbonyl (C=O) groups is 3. The lowest BCUT2D eigenvalue weighted by atomic mass is 10.1. The largest absolute Gasteiger partial charge is 0.342 e. The van der Waals surface area contributed by atoms with Crippen molar-refractivity contribution in [1.29, 1.82) is 0 Å². The number of hydrogen-bond acceptors (Lipinski definition) is 3. The van der Waals surface area contributed by atoms with Gasteiger partial charge in [-0.15, -0.1) is 0 Å². The summed E-state index contributed by atoms with van der Waals surface area (Å²) in [7, 11) is 0. The summed E-state index contributed by atoms with van der Waals surface area (Å²) < 4.78 is 2.05. The molecule has 4 amide bonds. The third kappa shape index (κ3) is 4.74. The van der Waals surface area contributed by atoms with Crippen molar-refractivity contribution in [3.05, 3.63) is 106 Å². The number of para-hydroxylation sites is 1. The van der Waals surface area contributed by atoms with Crippen molar-refractivity contribution in [2.75, 3.05) is 11.9 Å². The van der Waals surface area contributed by atoms with Crippen molar-refractivity contribution in [3.8, 4) is 0 Å². The Bertz CT molecular complexity index is 1520. The quantitative estimate of drug-likeness (QED) is 0.284. The van der Waals surface area contributed by atoms with Crippen LogP contribution in [-0.2, 0) is 16.1 Å². The molecule has 3 aromatic carbocycles. The number of halogens is 1. The molecular weight excluding hydrogens is 476 g/mol. The minimum Gasteiger partial charge on any atom is -0.342 e. The molecule has 1 saturated heterocycles. The number of urea groups is 1. The van der Waals surface area contributed by atoms with Crippen LogP contribution >= 0.6 is 11.6 Å². The number of nitrogens with zero attached hydrogens (tertiary/aromatic N) is 2. The number of carbonyl (C=O) groups excluding carboxylic acids is 3. The van der Waals surface area contributed by atoms with E-state index in [1.54, 1.807) is 18.2 Å². The van der Waals surface area contributed by atoms with E-state index >= 15 is 0 Å². The molecular formula is C28H23ClN4O3. The van der Waals surface area contributed by atoms with Crippen molar-refractivity contribution < 1.29 is 14.4 Å². The normalized spacial score (nSPS) is 14.5. The van der Waals surface area contributed by atoms with Gasteiger partial charge in [0, 0.05) is 39.9 Å². The average Bonchev–Trinajstić information content (AvgIpc) is 3.34. The molecule has 5 rings (SSSR count). The Morgan fingerprint density at radius 3 is 2.50 bits per heavy atom. The summed E-state index contributed by atoms with van der Waals surface area (Å²) in [6.45, 7) is 2.11. The summed E-state index contributed by atoms with van der Waals surface area (Å²) in [5, 5.41) is 6.91. The zero-order valence-corrected chi connectivity index (χ0v) is 20.3. The second kappa shape index (κ2) is 9.71. The number of amides is 4. The Morgan fingerprint density at radius 2 is 1.72 bits per heavy atom. The first-order valence-corrected chi connectivity index (χ1v) is 11.8. The number of rotatable bonds is 6. The summed E-state index contributed by atoms with van der Waals surface area (Å²) in [6, 6.07) is 22.1. The predicted octanol–water partition coefficient (Wildman–Crippen LogP) is 5.18. The van der Waals surface area contributed by atoms with Crippen molar-refractivity contribution in [2.24, 2.45) is 0 Å². The van der Waals surface area contributed by atoms with Crippen LogP contribution in [-0.4, -0.2) is 33.9 Å². The van der Waals surface area contributed by atoms with E-state index in [0.717, 1.165) is 32.5 Å². The van der Waals surface area contributed by atoms with Crippen molar-refractivity contribution in [1.82, 2.24) is 14.8 Å². The number of fused-ring (bicyclic) bond motifs is 1. The second-order valence-corrected chi connectivity index (χ2v) is 9.02. The van der Waals surface area contributed by atoms with Crippen molar-refractivity contribution in [2.45, 2.75) is 13.5 Å². The molecule has 0 saturated carbocycles. The van der Waals surface area contributed by atoms with Crippen LogP contribution in [0, 0.1) is 6.92 Å². The first-order chi connectivity index (χ1) is 17.4. The van der Waals surface area contributed by atoms with Gasteiger partial charge in [-0.1, -0.05) is 65.7 Å². The van der Waals surface area contributed by atoms with E-state index in [4.69, 9.17) is 11.6 Å². The summed E-state index contributed by atoms with van der Waals surface area (Å²) in [5.41, 5.74) is 4.48. The maximum atomic E-state index is 13.0. The maximum Gasteiger partial charge on any atom is 0.329 e. The van der Waals surface area contributed by atoms with Gasteiger partial charge in [0.25, 0.3) is 5.91 Å². The number of imide groups is 1. The van der Waals surface area contributed by atoms with Crippen LogP contribution in [0.15, 0.2) is 84.7 Å². The van der Waals surface area contributed by atoms with Crippen LogP contribution in [0.1, 0.15) is 16.7 Å². The molecule has 7 nitrogen and oxygen atoms in total. The van der Waals surface area contributed by atoms with Gasteiger partial charge in [0.05, 0.1) is 0 Å². The first-order valence-electron chi connectivity index (χ1n) is 11.4. The van der Waals surface area contributed by atoms with Gasteiger partial charge in [-0.3, -0.25) is 9.59 Å². The van der Waals surface area contributed by atoms with Crippen LogP contribution in [0.25, 0.3) is 17.0 Å². The molecule has 1 aromatic heterocycles. The fraction of sp³-hybridized carbons (Fsp3) is 0.107. The van der Waals surface area contributed by atoms with Crippen LogP contribution in [0.2, 0.25) is 5.02 Å². The van der Waals surface area contributed by atoms with E-state index in [0.29, 0.717) is 17.3 Å². The van der Waals surface area contributed by atoms with Gasteiger partial charge in [0.2, 0.25) is 5.91 Å². The fourth-order valence-electron chi connectivity index (χ4n) is 4.18. The summed E-state index contributed by atoms with van der Waals surface area (Å²) in [4.78, 5) is 38.9. The molecule has 2 heterocycles. The average molecular weight is 499 g/mol. The van der Waals surface area contributed by atoms with Gasteiger partial charge in [0.15, 0.2) is 0 Å². The van der Waals surface area contributed by atoms with Crippen LogP contribution in [0.5, 0.6) is 0 Å². The molecule has 0 unspecified atom stereocenters. The monoisotopic (exact) mass is 498 g/mol. The van der Waals surface area contributed by atoms with Crippen LogP contribution in [0.4, 0.5) is 10.5 Å². The van der Waals surface area contributed by atoms with Gasteiger partial charge in [-0.25, -0.2) is 9.69 Å². The standard InChI is InChI=1S/C28H23ClN4O3/c1-18-10-12-21(13-11-18)30-26(34)17-33-27(35)24(31-28(33)36)14-20-16-32(25-9-5-3-7-22(20)25)15-19-6-2-4-8-23(19)29/h2-14,16H,15,17H2,1H3,(H,30,34)(H,31,36)/b24-14+. The molecule has 0 atom stereocenters. The summed E-state index contributed by atoms with van der Waals surface area (Å²) in [6.07, 6.45) is 3.57. The molecule has 0 aliphatic carbocycles. The Kier molecular flexibility index (Phi) is 6.31. The lowest BCUT2D eigenvalue weighted by molar-refractivity contribution is -0.127. The topological polar surface area (TPSA) is 83.4 Å². The maximum absolute atomic E-state index is 13.0. The van der Waals surface area contributed by atoms with Gasteiger partial charge in [-0.05, 0) is 42.8 Å². The van der Waals surface area contributed by atoms with E-state index in [2.05, 4.69) is 15.2 Å². The number of hydrogen-bond donors (Lipinski definition) is 2. The zero-order valence-electron chi connectivity index (χ0n) is 19.5. The molecule has 1 aliphatic heterocycles. The molecule has 36 heavy (non-hydrogen) atoms. The van der Waals surface area contributed by atoms with Gasteiger partial charge in [-0.2, -0.15) is 0 Å². The highest BCUT2D eigenvalue weighted by Crippen LogP contribution is 2.27. The van der Waals surface area contributed by atoms with E-state index in [-0.39, 0.29) is 12.2 Å². The van der Waals surface area contributed by atoms with Crippen molar-refractivity contribution >= 4 is 52.1 Å². The van der Waals surface area contributed by atoms with Crippen molar-refractivity contribution in [3.63, 3.8) is 0 Å². The third-order valence-electron chi connectivity index (χ3n) is 6.02. The van der Waals surface area contributed by atoms with E-state index < -0.39 is 17.8 Å². The molecule has 0 spiro atoms. The minimum atomic E-state index is -0.634. The van der Waals surface area contributed by atoms with Gasteiger partial charge >= 0.3 is 6.03 Å². The Morgan fingerprint density at radius 1 is 1.00 bits per heavy atom. The SMILES string of the molecule is Cc1ccc(NC(=O)CN2C(=O)N/C(=C/c3cn(Cc4ccccc4Cl)c4ccccc34)C2=O)cc1. The molecule has 1 fully saturated rings. The predicted molar refractivity (Wildman–Crippen MR) is 141 cm³/mol. The number of nitrogens with one attached hydrogen (secondary N) is 2. The first kappa shape index (κ1) is 23.4. The minimum absolute atomic E-state index is 0.115. The zero-order chi connectivity index (χ0) is 25.2. The van der Waals surface area contributed by atoms with Crippen LogP contribution in [0.3, 0.4) is 0 Å². The lowest BCUT2D eigenvalue weighted by Crippen LogP contribution is -2.38. The summed E-state index contributed by atoms with van der Waals surface area (Å²) in [5.74, 6) is -1.01. The Balaban J connectivity index is 1.38. The van der Waals surface area contributed by atoms with E-state index in [1.165, 1.54) is 0 Å². The van der Waals surface area contributed by atoms with Gasteiger partial charge in [0.1, 0.15) is 12.2 Å². The number of aromatic nitrogens is 1. The molecule has 0 bridgehead atoms. The van der Waals surface area contributed by atoms with Crippen LogP contribution < -0.4 is 10.6 Å². The highest BCUT2D eigenvalue weighted by atomic mass is 35.5. The van der Waals surface area contributed by atoms with E-state index in [9.17, 15) is 14.4 Å². The smallest absolute Gasteiger partial charge is 0.329 e. The lowest BCUT2D eigenvalue weighted by Gasteiger charge is -2.12. The molecule has 1 aliphatic rings. The fourth-order valence-corrected chi connectivity index (χ4v) is 4.38. The third-order valence-corrected chi connectivity index (χ3v) is 6.39. The summed E-state index contributed by atoms with van der Waals surface area (Å²) >= 11 is 6.36. The molecule has 0 radical (unpaired) electrons. The Labute approximate surface area is 213 Å². The number of anilines is 1. The highest BCUT2D eigenvalue weighted by molar-refractivity contribution is 6.31.